The number of amides is 2. The first-order valence-corrected chi connectivity index (χ1v) is 8.87. The maximum atomic E-state index is 12.3. The van der Waals surface area contributed by atoms with Crippen LogP contribution in [0.25, 0.3) is 0 Å². The SMILES string of the molecule is COCC1(CNC(=O)C(C)NC(=O)c2ccc(Cl)cc2)CCNCC1.Cl. The van der Waals surface area contributed by atoms with Crippen molar-refractivity contribution in [2.45, 2.75) is 25.8 Å². The average molecular weight is 404 g/mol. The zero-order chi connectivity index (χ0) is 18.3. The summed E-state index contributed by atoms with van der Waals surface area (Å²) in [5.41, 5.74) is 0.425. The molecule has 2 rings (SSSR count). The lowest BCUT2D eigenvalue weighted by molar-refractivity contribution is -0.123. The quantitative estimate of drug-likeness (QED) is 0.650. The fourth-order valence-electron chi connectivity index (χ4n) is 3.01. The first kappa shape index (κ1) is 22.7. The zero-order valence-corrected chi connectivity index (χ0v) is 16.7. The Kier molecular flexibility index (Phi) is 9.36. The molecule has 1 aliphatic heterocycles. The Morgan fingerprint density at radius 3 is 2.46 bits per heavy atom. The summed E-state index contributed by atoms with van der Waals surface area (Å²) in [4.78, 5) is 24.5. The molecule has 3 N–H and O–H groups in total. The minimum Gasteiger partial charge on any atom is -0.384 e. The molecule has 0 bridgehead atoms. The van der Waals surface area contributed by atoms with Gasteiger partial charge in [-0.2, -0.15) is 0 Å². The molecule has 1 aliphatic rings. The number of hydrogen-bond donors (Lipinski definition) is 3. The van der Waals surface area contributed by atoms with Crippen molar-refractivity contribution >= 4 is 35.8 Å². The lowest BCUT2D eigenvalue weighted by Crippen LogP contribution is -2.51. The van der Waals surface area contributed by atoms with E-state index in [1.807, 2.05) is 0 Å². The molecule has 1 aromatic rings. The number of nitrogens with one attached hydrogen (secondary N) is 3. The van der Waals surface area contributed by atoms with Gasteiger partial charge in [-0.15, -0.1) is 12.4 Å². The van der Waals surface area contributed by atoms with Crippen LogP contribution in [0.5, 0.6) is 0 Å². The van der Waals surface area contributed by atoms with Gasteiger partial charge in [0.15, 0.2) is 0 Å². The molecule has 1 atom stereocenters. The summed E-state index contributed by atoms with van der Waals surface area (Å²) in [6, 6.07) is 5.93. The molecule has 1 saturated heterocycles. The van der Waals surface area contributed by atoms with Crippen molar-refractivity contribution in [3.63, 3.8) is 0 Å². The van der Waals surface area contributed by atoms with Gasteiger partial charge >= 0.3 is 0 Å². The molecule has 1 heterocycles. The van der Waals surface area contributed by atoms with Crippen LogP contribution < -0.4 is 16.0 Å². The molecule has 1 unspecified atom stereocenters. The van der Waals surface area contributed by atoms with Gasteiger partial charge in [0, 0.05) is 29.7 Å². The van der Waals surface area contributed by atoms with Gasteiger partial charge in [-0.05, 0) is 57.1 Å². The van der Waals surface area contributed by atoms with Crippen LogP contribution in [0.15, 0.2) is 24.3 Å². The fraction of sp³-hybridized carbons (Fsp3) is 0.556. The van der Waals surface area contributed by atoms with Crippen LogP contribution in [0.3, 0.4) is 0 Å². The number of methoxy groups -OCH3 is 1. The molecule has 0 saturated carbocycles. The third-order valence-electron chi connectivity index (χ3n) is 4.60. The second-order valence-corrected chi connectivity index (χ2v) is 7.04. The van der Waals surface area contributed by atoms with E-state index in [4.69, 9.17) is 16.3 Å². The predicted octanol–water partition coefficient (Wildman–Crippen LogP) is 2.01. The van der Waals surface area contributed by atoms with Crippen molar-refractivity contribution in [1.29, 1.82) is 0 Å². The summed E-state index contributed by atoms with van der Waals surface area (Å²) < 4.78 is 5.35. The van der Waals surface area contributed by atoms with Crippen molar-refractivity contribution in [3.05, 3.63) is 34.9 Å². The van der Waals surface area contributed by atoms with Gasteiger partial charge in [0.2, 0.25) is 5.91 Å². The van der Waals surface area contributed by atoms with E-state index in [1.54, 1.807) is 38.3 Å². The van der Waals surface area contributed by atoms with Crippen LogP contribution >= 0.6 is 24.0 Å². The number of carbonyl (C=O) groups excluding carboxylic acids is 2. The van der Waals surface area contributed by atoms with Crippen molar-refractivity contribution in [2.75, 3.05) is 33.4 Å². The molecule has 146 valence electrons. The Hall–Kier alpha value is -1.34. The first-order valence-electron chi connectivity index (χ1n) is 8.50. The lowest BCUT2D eigenvalue weighted by Gasteiger charge is -2.37. The van der Waals surface area contributed by atoms with Crippen LogP contribution in [-0.2, 0) is 9.53 Å². The van der Waals surface area contributed by atoms with Gasteiger partial charge in [0.05, 0.1) is 6.61 Å². The van der Waals surface area contributed by atoms with Gasteiger partial charge in [-0.3, -0.25) is 9.59 Å². The number of ether oxygens (including phenoxy) is 1. The van der Waals surface area contributed by atoms with Gasteiger partial charge in [-0.1, -0.05) is 11.6 Å². The van der Waals surface area contributed by atoms with Gasteiger partial charge in [0.1, 0.15) is 6.04 Å². The maximum absolute atomic E-state index is 12.3. The highest BCUT2D eigenvalue weighted by Crippen LogP contribution is 2.28. The molecular weight excluding hydrogens is 377 g/mol. The fourth-order valence-corrected chi connectivity index (χ4v) is 3.14. The summed E-state index contributed by atoms with van der Waals surface area (Å²) in [7, 11) is 1.68. The highest BCUT2D eigenvalue weighted by Gasteiger charge is 2.33. The molecule has 1 fully saturated rings. The van der Waals surface area contributed by atoms with Gasteiger partial charge in [0.25, 0.3) is 5.91 Å². The first-order chi connectivity index (χ1) is 12.0. The standard InChI is InChI=1S/C18H26ClN3O3.ClH/c1-13(22-17(24)14-3-5-15(19)6-4-14)16(23)21-11-18(12-25-2)7-9-20-10-8-18;/h3-6,13,20H,7-12H2,1-2H3,(H,21,23)(H,22,24);1H. The summed E-state index contributed by atoms with van der Waals surface area (Å²) in [6.45, 7) is 4.67. The smallest absolute Gasteiger partial charge is 0.251 e. The highest BCUT2D eigenvalue weighted by molar-refractivity contribution is 6.30. The highest BCUT2D eigenvalue weighted by atomic mass is 35.5. The number of benzene rings is 1. The second kappa shape index (κ2) is 10.7. The number of hydrogen-bond acceptors (Lipinski definition) is 4. The maximum Gasteiger partial charge on any atom is 0.251 e. The topological polar surface area (TPSA) is 79.5 Å². The Bertz CT molecular complexity index is 584. The molecule has 0 spiro atoms. The Morgan fingerprint density at radius 1 is 1.27 bits per heavy atom. The van der Waals surface area contributed by atoms with Crippen LogP contribution in [0.1, 0.15) is 30.1 Å². The molecule has 0 radical (unpaired) electrons. The van der Waals surface area contributed by atoms with E-state index < -0.39 is 6.04 Å². The molecule has 26 heavy (non-hydrogen) atoms. The predicted molar refractivity (Wildman–Crippen MR) is 105 cm³/mol. The molecule has 2 amide bonds. The van der Waals surface area contributed by atoms with E-state index in [2.05, 4.69) is 16.0 Å². The Morgan fingerprint density at radius 2 is 1.88 bits per heavy atom. The van der Waals surface area contributed by atoms with E-state index in [1.165, 1.54) is 0 Å². The van der Waals surface area contributed by atoms with Crippen LogP contribution in [0, 0.1) is 5.41 Å². The van der Waals surface area contributed by atoms with E-state index in [-0.39, 0.29) is 29.6 Å². The summed E-state index contributed by atoms with van der Waals surface area (Å²) in [6.07, 6.45) is 1.90. The third-order valence-corrected chi connectivity index (χ3v) is 4.85. The number of rotatable bonds is 7. The molecule has 1 aromatic carbocycles. The summed E-state index contributed by atoms with van der Waals surface area (Å²) in [5.74, 6) is -0.496. The molecule has 6 nitrogen and oxygen atoms in total. The Labute approximate surface area is 165 Å². The lowest BCUT2D eigenvalue weighted by atomic mass is 9.79. The van der Waals surface area contributed by atoms with Crippen LogP contribution in [0.2, 0.25) is 5.02 Å². The largest absolute Gasteiger partial charge is 0.384 e. The minimum absolute atomic E-state index is 0. The Balaban J connectivity index is 0.00000338. The summed E-state index contributed by atoms with van der Waals surface area (Å²) >= 11 is 5.82. The van der Waals surface area contributed by atoms with Crippen molar-refractivity contribution in [2.24, 2.45) is 5.41 Å². The minimum atomic E-state index is -0.621. The third kappa shape index (κ3) is 6.43. The normalized spacial score (nSPS) is 16.9. The molecule has 0 aliphatic carbocycles. The van der Waals surface area contributed by atoms with E-state index in [9.17, 15) is 9.59 Å². The average Bonchev–Trinajstić information content (AvgIpc) is 2.61. The number of piperidine rings is 1. The number of carbonyl (C=O) groups is 2. The summed E-state index contributed by atoms with van der Waals surface area (Å²) in [5, 5.41) is 9.56. The molecular formula is C18H27Cl2N3O3. The molecule has 0 aromatic heterocycles. The van der Waals surface area contributed by atoms with Crippen molar-refractivity contribution in [1.82, 2.24) is 16.0 Å². The zero-order valence-electron chi connectivity index (χ0n) is 15.1. The number of halogens is 2. The van der Waals surface area contributed by atoms with Gasteiger partial charge in [-0.25, -0.2) is 0 Å². The van der Waals surface area contributed by atoms with E-state index in [0.29, 0.717) is 23.7 Å². The van der Waals surface area contributed by atoms with Crippen molar-refractivity contribution < 1.29 is 14.3 Å². The molecule has 8 heteroatoms. The van der Waals surface area contributed by atoms with E-state index >= 15 is 0 Å². The van der Waals surface area contributed by atoms with Crippen LogP contribution in [0.4, 0.5) is 0 Å². The van der Waals surface area contributed by atoms with Crippen molar-refractivity contribution in [3.8, 4) is 0 Å². The van der Waals surface area contributed by atoms with E-state index in [0.717, 1.165) is 25.9 Å². The second-order valence-electron chi connectivity index (χ2n) is 6.60. The van der Waals surface area contributed by atoms with Gasteiger partial charge < -0.3 is 20.7 Å². The van der Waals surface area contributed by atoms with Crippen LogP contribution in [-0.4, -0.2) is 51.2 Å². The monoisotopic (exact) mass is 403 g/mol.